The van der Waals surface area contributed by atoms with Gasteiger partial charge in [0.1, 0.15) is 5.82 Å². The predicted molar refractivity (Wildman–Crippen MR) is 80.1 cm³/mol. The summed E-state index contributed by atoms with van der Waals surface area (Å²) in [6.07, 6.45) is 7.42. The van der Waals surface area contributed by atoms with Gasteiger partial charge in [-0.3, -0.25) is 4.79 Å². The molecular formula is C16H19BrFNO. The molecule has 1 saturated heterocycles. The van der Waals surface area contributed by atoms with E-state index in [4.69, 9.17) is 0 Å². The molecule has 1 aliphatic heterocycles. The molecule has 1 aliphatic carbocycles. The highest BCUT2D eigenvalue weighted by Crippen LogP contribution is 2.46. The van der Waals surface area contributed by atoms with E-state index in [2.05, 4.69) is 15.9 Å². The number of hydrogen-bond donors (Lipinski definition) is 0. The molecule has 1 saturated carbocycles. The number of amides is 1. The van der Waals surface area contributed by atoms with Crippen LogP contribution in [-0.2, 0) is 0 Å². The second-order valence-electron chi connectivity index (χ2n) is 6.12. The third-order valence-electron chi connectivity index (χ3n) is 4.93. The molecule has 0 unspecified atom stereocenters. The lowest BCUT2D eigenvalue weighted by molar-refractivity contribution is 0.0583. The van der Waals surface area contributed by atoms with Crippen LogP contribution in [0.15, 0.2) is 22.7 Å². The predicted octanol–water partition coefficient (Wildman–Crippen LogP) is 4.38. The van der Waals surface area contributed by atoms with Crippen molar-refractivity contribution in [2.24, 2.45) is 5.41 Å². The number of halogens is 2. The molecule has 108 valence electrons. The summed E-state index contributed by atoms with van der Waals surface area (Å²) < 4.78 is 14.5. The van der Waals surface area contributed by atoms with Crippen molar-refractivity contribution in [2.75, 3.05) is 13.1 Å². The van der Waals surface area contributed by atoms with E-state index in [1.165, 1.54) is 31.7 Å². The van der Waals surface area contributed by atoms with Gasteiger partial charge in [-0.1, -0.05) is 28.8 Å². The van der Waals surface area contributed by atoms with Gasteiger partial charge in [-0.15, -0.1) is 0 Å². The van der Waals surface area contributed by atoms with Crippen LogP contribution in [0.25, 0.3) is 0 Å². The number of likely N-dealkylation sites (tertiary alicyclic amines) is 1. The normalized spacial score (nSPS) is 21.4. The minimum atomic E-state index is -0.431. The van der Waals surface area contributed by atoms with Crippen LogP contribution in [0.4, 0.5) is 4.39 Å². The van der Waals surface area contributed by atoms with Gasteiger partial charge in [0.25, 0.3) is 5.91 Å². The molecule has 1 heterocycles. The number of benzene rings is 1. The highest BCUT2D eigenvalue weighted by atomic mass is 79.9. The van der Waals surface area contributed by atoms with E-state index in [0.717, 1.165) is 30.4 Å². The summed E-state index contributed by atoms with van der Waals surface area (Å²) in [5.74, 6) is -0.601. The smallest absolute Gasteiger partial charge is 0.256 e. The topological polar surface area (TPSA) is 20.3 Å². The summed E-state index contributed by atoms with van der Waals surface area (Å²) in [7, 11) is 0. The van der Waals surface area contributed by atoms with Gasteiger partial charge in [0.15, 0.2) is 0 Å². The first kappa shape index (κ1) is 14.1. The number of piperidine rings is 1. The Kier molecular flexibility index (Phi) is 3.85. The lowest BCUT2D eigenvalue weighted by Crippen LogP contribution is -2.42. The molecule has 20 heavy (non-hydrogen) atoms. The van der Waals surface area contributed by atoms with Crippen LogP contribution in [0.1, 0.15) is 48.9 Å². The molecule has 0 atom stereocenters. The first-order valence-corrected chi connectivity index (χ1v) is 8.13. The van der Waals surface area contributed by atoms with E-state index in [1.807, 2.05) is 4.90 Å². The molecule has 2 nitrogen and oxygen atoms in total. The van der Waals surface area contributed by atoms with Crippen molar-refractivity contribution in [1.82, 2.24) is 4.90 Å². The Hall–Kier alpha value is -0.900. The second-order valence-corrected chi connectivity index (χ2v) is 7.04. The van der Waals surface area contributed by atoms with E-state index in [9.17, 15) is 9.18 Å². The van der Waals surface area contributed by atoms with Crippen LogP contribution in [0, 0.1) is 11.2 Å². The minimum absolute atomic E-state index is 0.170. The standard InChI is InChI=1S/C16H19BrFNO/c17-12-3-4-14(18)13(11-12)15(20)19-9-7-16(8-10-19)5-1-2-6-16/h3-4,11H,1-2,5-10H2. The Morgan fingerprint density at radius 3 is 2.45 bits per heavy atom. The number of hydrogen-bond acceptors (Lipinski definition) is 1. The molecule has 4 heteroatoms. The number of carbonyl (C=O) groups is 1. The summed E-state index contributed by atoms with van der Waals surface area (Å²) in [6.45, 7) is 1.54. The zero-order valence-corrected chi connectivity index (χ0v) is 13.1. The third-order valence-corrected chi connectivity index (χ3v) is 5.43. The van der Waals surface area contributed by atoms with Gasteiger partial charge in [-0.25, -0.2) is 4.39 Å². The highest BCUT2D eigenvalue weighted by molar-refractivity contribution is 9.10. The van der Waals surface area contributed by atoms with Crippen molar-refractivity contribution in [2.45, 2.75) is 38.5 Å². The van der Waals surface area contributed by atoms with Crippen molar-refractivity contribution < 1.29 is 9.18 Å². The van der Waals surface area contributed by atoms with Crippen molar-refractivity contribution in [3.05, 3.63) is 34.1 Å². The average molecular weight is 340 g/mol. The van der Waals surface area contributed by atoms with Crippen molar-refractivity contribution in [3.63, 3.8) is 0 Å². The monoisotopic (exact) mass is 339 g/mol. The molecule has 0 bridgehead atoms. The third kappa shape index (κ3) is 2.62. The Morgan fingerprint density at radius 1 is 1.15 bits per heavy atom. The number of nitrogens with zero attached hydrogens (tertiary/aromatic N) is 1. The maximum atomic E-state index is 13.8. The first-order chi connectivity index (χ1) is 9.60. The van der Waals surface area contributed by atoms with Gasteiger partial charge in [0, 0.05) is 17.6 Å². The van der Waals surface area contributed by atoms with Crippen molar-refractivity contribution >= 4 is 21.8 Å². The molecule has 1 spiro atoms. The molecule has 0 aromatic heterocycles. The van der Waals surface area contributed by atoms with E-state index in [1.54, 1.807) is 12.1 Å². The zero-order valence-electron chi connectivity index (χ0n) is 11.5. The summed E-state index contributed by atoms with van der Waals surface area (Å²) >= 11 is 3.30. The fourth-order valence-corrected chi connectivity index (χ4v) is 4.00. The Balaban J connectivity index is 1.71. The quantitative estimate of drug-likeness (QED) is 0.743. The van der Waals surface area contributed by atoms with Gasteiger partial charge in [0.05, 0.1) is 5.56 Å². The van der Waals surface area contributed by atoms with Crippen molar-refractivity contribution in [3.8, 4) is 0 Å². The van der Waals surface area contributed by atoms with E-state index in [-0.39, 0.29) is 11.5 Å². The summed E-state index contributed by atoms with van der Waals surface area (Å²) in [5.41, 5.74) is 0.661. The fraction of sp³-hybridized carbons (Fsp3) is 0.562. The van der Waals surface area contributed by atoms with Gasteiger partial charge in [-0.05, 0) is 49.3 Å². The molecule has 0 N–H and O–H groups in total. The molecule has 2 aliphatic rings. The lowest BCUT2D eigenvalue weighted by atomic mass is 9.77. The Bertz CT molecular complexity index is 515. The summed E-state index contributed by atoms with van der Waals surface area (Å²) in [6, 6.07) is 4.55. The highest BCUT2D eigenvalue weighted by Gasteiger charge is 2.38. The van der Waals surface area contributed by atoms with Gasteiger partial charge < -0.3 is 4.90 Å². The van der Waals surface area contributed by atoms with Crippen LogP contribution in [0.5, 0.6) is 0 Å². The summed E-state index contributed by atoms with van der Waals surface area (Å²) in [5, 5.41) is 0. The molecule has 3 rings (SSSR count). The molecule has 1 aromatic rings. The van der Waals surface area contributed by atoms with Crippen LogP contribution in [0.3, 0.4) is 0 Å². The first-order valence-electron chi connectivity index (χ1n) is 7.34. The van der Waals surface area contributed by atoms with Gasteiger partial charge in [-0.2, -0.15) is 0 Å². The lowest BCUT2D eigenvalue weighted by Gasteiger charge is -2.39. The van der Waals surface area contributed by atoms with E-state index in [0.29, 0.717) is 5.41 Å². The van der Waals surface area contributed by atoms with Gasteiger partial charge in [0.2, 0.25) is 0 Å². The maximum Gasteiger partial charge on any atom is 0.256 e. The van der Waals surface area contributed by atoms with Crippen LogP contribution in [-0.4, -0.2) is 23.9 Å². The SMILES string of the molecule is O=C(c1cc(Br)ccc1F)N1CCC2(CCCC2)CC1. The van der Waals surface area contributed by atoms with Gasteiger partial charge >= 0.3 is 0 Å². The Labute approximate surface area is 127 Å². The zero-order chi connectivity index (χ0) is 14.2. The minimum Gasteiger partial charge on any atom is -0.339 e. The maximum absolute atomic E-state index is 13.8. The number of carbonyl (C=O) groups excluding carboxylic acids is 1. The Morgan fingerprint density at radius 2 is 1.80 bits per heavy atom. The van der Waals surface area contributed by atoms with E-state index < -0.39 is 5.82 Å². The average Bonchev–Trinajstić information content (AvgIpc) is 2.90. The molecule has 1 amide bonds. The largest absolute Gasteiger partial charge is 0.339 e. The molecule has 1 aromatic carbocycles. The summed E-state index contributed by atoms with van der Waals surface area (Å²) in [4.78, 5) is 14.3. The molecule has 0 radical (unpaired) electrons. The van der Waals surface area contributed by atoms with Crippen LogP contribution in [0.2, 0.25) is 0 Å². The van der Waals surface area contributed by atoms with Crippen LogP contribution >= 0.6 is 15.9 Å². The van der Waals surface area contributed by atoms with Crippen LogP contribution < -0.4 is 0 Å². The van der Waals surface area contributed by atoms with Crippen molar-refractivity contribution in [1.29, 1.82) is 0 Å². The second kappa shape index (κ2) is 5.47. The molecular weight excluding hydrogens is 321 g/mol. The number of rotatable bonds is 1. The fourth-order valence-electron chi connectivity index (χ4n) is 3.64. The van der Waals surface area contributed by atoms with E-state index >= 15 is 0 Å². The molecule has 2 fully saturated rings.